The van der Waals surface area contributed by atoms with Gasteiger partial charge in [0, 0.05) is 13.0 Å². The van der Waals surface area contributed by atoms with Crippen molar-refractivity contribution in [2.45, 2.75) is 38.8 Å². The first-order chi connectivity index (χ1) is 8.78. The molecule has 0 aliphatic carbocycles. The van der Waals surface area contributed by atoms with E-state index in [9.17, 15) is 19.1 Å². The van der Waals surface area contributed by atoms with Gasteiger partial charge in [0.15, 0.2) is 0 Å². The predicted molar refractivity (Wildman–Crippen MR) is 73.2 cm³/mol. The molecule has 19 heavy (non-hydrogen) atoms. The largest absolute Gasteiger partial charge is 0.518 e. The van der Waals surface area contributed by atoms with Crippen molar-refractivity contribution in [1.82, 2.24) is 4.90 Å². The first-order valence-corrected chi connectivity index (χ1v) is 9.42. The summed E-state index contributed by atoms with van der Waals surface area (Å²) in [6.45, 7) is 2.71. The van der Waals surface area contributed by atoms with Gasteiger partial charge in [0.25, 0.3) is 5.90 Å². The smallest absolute Gasteiger partial charge is 0.378 e. The van der Waals surface area contributed by atoms with Crippen LogP contribution in [0.4, 0.5) is 0 Å². The molecule has 3 atom stereocenters. The second kappa shape index (κ2) is 9.94. The molecule has 0 amide bonds. The van der Waals surface area contributed by atoms with Gasteiger partial charge in [0.05, 0.1) is 6.61 Å². The minimum absolute atomic E-state index is 0.129. The van der Waals surface area contributed by atoms with Crippen molar-refractivity contribution in [1.29, 1.82) is 0 Å². The molecule has 0 aliphatic rings. The van der Waals surface area contributed by atoms with Crippen LogP contribution >= 0.6 is 15.6 Å². The van der Waals surface area contributed by atoms with Crippen LogP contribution in [0.25, 0.3) is 0 Å². The molecule has 7 nitrogen and oxygen atoms in total. The Balaban J connectivity index is 3.86. The molecule has 0 bridgehead atoms. The van der Waals surface area contributed by atoms with Crippen LogP contribution in [0.3, 0.4) is 0 Å². The molecule has 0 saturated heterocycles. The molecule has 114 valence electrons. The molecule has 0 rings (SSSR count). The second-order valence-corrected chi connectivity index (χ2v) is 7.79. The number of aliphatic hydroxyl groups is 1. The van der Waals surface area contributed by atoms with E-state index in [4.69, 9.17) is 4.89 Å². The lowest BCUT2D eigenvalue weighted by atomic mass is 10.2. The number of rotatable bonds is 11. The monoisotopic (exact) mass is 316 g/mol. The molecule has 3 unspecified atom stereocenters. The van der Waals surface area contributed by atoms with Crippen LogP contribution in [0, 0.1) is 0 Å². The van der Waals surface area contributed by atoms with Gasteiger partial charge in [-0.05, 0) is 18.0 Å². The van der Waals surface area contributed by atoms with E-state index in [0.29, 0.717) is 0 Å². The van der Waals surface area contributed by atoms with Crippen LogP contribution in [0.15, 0.2) is 0 Å². The first-order valence-electron chi connectivity index (χ1n) is 6.26. The van der Waals surface area contributed by atoms with Gasteiger partial charge >= 0.3 is 15.6 Å². The number of unbranched alkanes of at least 4 members (excludes halogenated alkanes) is 2. The van der Waals surface area contributed by atoms with Gasteiger partial charge in [-0.1, -0.05) is 19.8 Å². The lowest BCUT2D eigenvalue weighted by Crippen LogP contribution is -2.33. The van der Waals surface area contributed by atoms with Crippen LogP contribution < -0.4 is 0 Å². The van der Waals surface area contributed by atoms with E-state index in [0.717, 1.165) is 25.8 Å². The van der Waals surface area contributed by atoms with Crippen molar-refractivity contribution in [2.24, 2.45) is 0 Å². The molecular weight excluding hydrogens is 292 g/mol. The maximum atomic E-state index is 11.3. The Morgan fingerprint density at radius 2 is 2.05 bits per heavy atom. The highest BCUT2D eigenvalue weighted by atomic mass is 31.2. The molecule has 0 spiro atoms. The van der Waals surface area contributed by atoms with Crippen molar-refractivity contribution in [3.05, 3.63) is 0 Å². The van der Waals surface area contributed by atoms with Gasteiger partial charge in [-0.2, -0.15) is 4.89 Å². The summed E-state index contributed by atoms with van der Waals surface area (Å²) in [5.41, 5.74) is 0. The summed E-state index contributed by atoms with van der Waals surface area (Å²) in [6, 6.07) is 0. The predicted octanol–water partition coefficient (Wildman–Crippen LogP) is 1.71. The van der Waals surface area contributed by atoms with Crippen LogP contribution in [-0.2, 0) is 13.7 Å². The van der Waals surface area contributed by atoms with Gasteiger partial charge in [-0.3, -0.25) is 9.46 Å². The average molecular weight is 316 g/mol. The minimum Gasteiger partial charge on any atom is -0.378 e. The van der Waals surface area contributed by atoms with E-state index in [1.54, 1.807) is 11.9 Å². The summed E-state index contributed by atoms with van der Waals surface area (Å²) in [5.74, 6) is -0.773. The number of hydrogen-bond donors (Lipinski definition) is 3. The number of aliphatic hydroxyl groups excluding tert-OH is 1. The van der Waals surface area contributed by atoms with Gasteiger partial charge in [0.1, 0.15) is 6.23 Å². The van der Waals surface area contributed by atoms with Crippen molar-refractivity contribution in [3.63, 3.8) is 0 Å². The molecule has 0 fully saturated rings. The quantitative estimate of drug-likeness (QED) is 0.302. The third kappa shape index (κ3) is 10.6. The van der Waals surface area contributed by atoms with E-state index < -0.39 is 27.8 Å². The van der Waals surface area contributed by atoms with Crippen LogP contribution in [-0.4, -0.2) is 52.1 Å². The maximum Gasteiger partial charge on any atom is 0.518 e. The van der Waals surface area contributed by atoms with Gasteiger partial charge in [-0.25, -0.2) is 0 Å². The van der Waals surface area contributed by atoms with Crippen molar-refractivity contribution in [2.75, 3.05) is 26.1 Å². The summed E-state index contributed by atoms with van der Waals surface area (Å²) in [6.07, 6.45) is 2.59. The lowest BCUT2D eigenvalue weighted by Gasteiger charge is -2.23. The Labute approximate surface area is 115 Å². The van der Waals surface area contributed by atoms with Gasteiger partial charge in [-0.15, -0.1) is 0 Å². The molecule has 0 saturated carbocycles. The summed E-state index contributed by atoms with van der Waals surface area (Å²) < 4.78 is 26.4. The summed E-state index contributed by atoms with van der Waals surface area (Å²) in [4.78, 5) is 19.5. The lowest BCUT2D eigenvalue weighted by molar-refractivity contribution is 0.00484. The number of nitrogens with zero attached hydrogens (tertiary/aromatic N) is 1. The van der Waals surface area contributed by atoms with E-state index >= 15 is 0 Å². The molecule has 0 aliphatic heterocycles. The highest BCUT2D eigenvalue weighted by Crippen LogP contribution is 2.48. The molecule has 0 radical (unpaired) electrons. The Bertz CT molecular complexity index is 314. The van der Waals surface area contributed by atoms with Crippen molar-refractivity contribution >= 4 is 15.6 Å². The van der Waals surface area contributed by atoms with E-state index in [-0.39, 0.29) is 13.0 Å². The van der Waals surface area contributed by atoms with Crippen molar-refractivity contribution in [3.8, 4) is 0 Å². The van der Waals surface area contributed by atoms with Gasteiger partial charge < -0.3 is 14.5 Å². The minimum atomic E-state index is -4.02. The topological polar surface area (TPSA) is 107 Å². The Hall–Kier alpha value is 0.130. The molecule has 0 aromatic carbocycles. The summed E-state index contributed by atoms with van der Waals surface area (Å²) in [5, 5.41) is 9.76. The Kier molecular flexibility index (Phi) is 10.0. The fourth-order valence-electron chi connectivity index (χ4n) is 1.48. The normalized spacial score (nSPS) is 17.3. The highest BCUT2D eigenvalue weighted by molar-refractivity contribution is 7.64. The SMILES string of the molecule is CCCCCN(C)C(O)CCOP(=O)(O)C[P+](=O)O. The Morgan fingerprint density at radius 1 is 1.42 bits per heavy atom. The molecule has 9 heteroatoms. The molecule has 0 heterocycles. The van der Waals surface area contributed by atoms with Gasteiger partial charge in [0.2, 0.25) is 0 Å². The number of hydrogen-bond acceptors (Lipinski definition) is 5. The zero-order valence-corrected chi connectivity index (χ0v) is 13.2. The van der Waals surface area contributed by atoms with E-state index in [1.807, 2.05) is 0 Å². The van der Waals surface area contributed by atoms with Crippen molar-refractivity contribution < 1.29 is 28.5 Å². The highest BCUT2D eigenvalue weighted by Gasteiger charge is 2.31. The fourth-order valence-corrected chi connectivity index (χ4v) is 3.42. The maximum absolute atomic E-state index is 11.3. The van der Waals surface area contributed by atoms with E-state index in [2.05, 4.69) is 11.4 Å². The third-order valence-corrected chi connectivity index (χ3v) is 5.58. The van der Waals surface area contributed by atoms with Crippen LogP contribution in [0.2, 0.25) is 0 Å². The van der Waals surface area contributed by atoms with Crippen LogP contribution in [0.1, 0.15) is 32.6 Å². The fraction of sp³-hybridized carbons (Fsp3) is 1.00. The summed E-state index contributed by atoms with van der Waals surface area (Å²) >= 11 is 0. The standard InChI is InChI=1S/C10H23NO6P2/c1-3-4-5-7-11(2)10(12)6-8-17-19(15,16)9-18(13)14/h10,12H,3-9H2,1-2H3,(H-,13,14,15,16)/p+1. The second-order valence-electron chi connectivity index (χ2n) is 4.42. The summed E-state index contributed by atoms with van der Waals surface area (Å²) in [7, 11) is -4.96. The molecule has 0 aromatic heterocycles. The zero-order valence-electron chi connectivity index (χ0n) is 11.4. The van der Waals surface area contributed by atoms with E-state index in [1.165, 1.54) is 0 Å². The Morgan fingerprint density at radius 3 is 2.58 bits per heavy atom. The average Bonchev–Trinajstić information content (AvgIpc) is 2.26. The molecule has 0 aromatic rings. The molecular formula is C10H24NO6P2+. The molecule has 3 N–H and O–H groups in total. The van der Waals surface area contributed by atoms with Crippen LogP contribution in [0.5, 0.6) is 0 Å². The zero-order chi connectivity index (χ0) is 14.9. The third-order valence-electron chi connectivity index (χ3n) is 2.59. The first kappa shape index (κ1) is 19.1.